The van der Waals surface area contributed by atoms with Crippen LogP contribution in [0.2, 0.25) is 0 Å². The van der Waals surface area contributed by atoms with E-state index in [4.69, 9.17) is 0 Å². The molecule has 8 nitrogen and oxygen atoms in total. The van der Waals surface area contributed by atoms with Gasteiger partial charge in [-0.2, -0.15) is 10.2 Å². The molecule has 0 bridgehead atoms. The molecule has 0 radical (unpaired) electrons. The number of hydrogen-bond donors (Lipinski definition) is 2. The van der Waals surface area contributed by atoms with E-state index in [1.54, 1.807) is 42.7 Å². The van der Waals surface area contributed by atoms with Crippen molar-refractivity contribution in [3.63, 3.8) is 0 Å². The van der Waals surface area contributed by atoms with Crippen LogP contribution in [0.3, 0.4) is 0 Å². The number of pyridine rings is 1. The van der Waals surface area contributed by atoms with Crippen molar-refractivity contribution < 1.29 is 14.0 Å². The van der Waals surface area contributed by atoms with Gasteiger partial charge in [-0.3, -0.25) is 9.59 Å². The van der Waals surface area contributed by atoms with Gasteiger partial charge in [0, 0.05) is 43.3 Å². The summed E-state index contributed by atoms with van der Waals surface area (Å²) in [6, 6.07) is 9.79. The first-order valence-electron chi connectivity index (χ1n) is 8.95. The highest BCUT2D eigenvalue weighted by atomic mass is 19.1. The molecule has 4 rings (SSSR count). The Morgan fingerprint density at radius 1 is 1.21 bits per heavy atom. The molecule has 29 heavy (non-hydrogen) atoms. The first kappa shape index (κ1) is 18.5. The van der Waals surface area contributed by atoms with Crippen LogP contribution in [-0.4, -0.2) is 32.4 Å². The minimum Gasteiger partial charge on any atom is -0.311 e. The Hall–Kier alpha value is -3.88. The maximum absolute atomic E-state index is 14.5. The fourth-order valence-corrected chi connectivity index (χ4v) is 3.05. The molecular formula is C20H17FN6O2. The van der Waals surface area contributed by atoms with Crippen molar-refractivity contribution in [1.82, 2.24) is 20.2 Å². The van der Waals surface area contributed by atoms with Crippen molar-refractivity contribution in [3.05, 3.63) is 54.6 Å². The van der Waals surface area contributed by atoms with Gasteiger partial charge in [0.2, 0.25) is 11.8 Å². The average molecular weight is 392 g/mol. The van der Waals surface area contributed by atoms with E-state index in [9.17, 15) is 14.0 Å². The van der Waals surface area contributed by atoms with Crippen LogP contribution in [0.15, 0.2) is 53.9 Å². The van der Waals surface area contributed by atoms with Gasteiger partial charge in [-0.1, -0.05) is 12.1 Å². The van der Waals surface area contributed by atoms with E-state index < -0.39 is 5.82 Å². The number of benzene rings is 1. The number of rotatable bonds is 3. The molecule has 2 aromatic heterocycles. The summed E-state index contributed by atoms with van der Waals surface area (Å²) in [6.45, 7) is 1.40. The number of carbonyl (C=O) groups excluding carboxylic acids is 2. The zero-order chi connectivity index (χ0) is 20.4. The van der Waals surface area contributed by atoms with E-state index >= 15 is 0 Å². The molecular weight excluding hydrogens is 375 g/mol. The SMILES string of the molecule is CC(=O)Nc1cc(-c2cn(C3=NNC(=O)CC3)nc2-c2ccccc2F)ccn1. The van der Waals surface area contributed by atoms with Crippen LogP contribution in [0.25, 0.3) is 22.4 Å². The molecule has 3 aromatic rings. The third kappa shape index (κ3) is 3.88. The van der Waals surface area contributed by atoms with Crippen LogP contribution >= 0.6 is 0 Å². The fourth-order valence-electron chi connectivity index (χ4n) is 3.05. The summed E-state index contributed by atoms with van der Waals surface area (Å²) in [5.41, 5.74) is 4.53. The summed E-state index contributed by atoms with van der Waals surface area (Å²) >= 11 is 0. The van der Waals surface area contributed by atoms with Crippen molar-refractivity contribution in [3.8, 4) is 22.4 Å². The summed E-state index contributed by atoms with van der Waals surface area (Å²) in [4.78, 5) is 26.9. The van der Waals surface area contributed by atoms with Crippen LogP contribution < -0.4 is 10.7 Å². The van der Waals surface area contributed by atoms with Gasteiger partial charge in [0.25, 0.3) is 0 Å². The molecule has 0 saturated carbocycles. The molecule has 1 aromatic carbocycles. The fraction of sp³-hybridized carbons (Fsp3) is 0.150. The van der Waals surface area contributed by atoms with Crippen LogP contribution in [0, 0.1) is 5.82 Å². The Labute approximate surface area is 165 Å². The first-order chi connectivity index (χ1) is 14.0. The summed E-state index contributed by atoms with van der Waals surface area (Å²) in [6.07, 6.45) is 3.99. The molecule has 0 unspecified atom stereocenters. The number of halogens is 1. The van der Waals surface area contributed by atoms with Crippen molar-refractivity contribution in [2.45, 2.75) is 19.8 Å². The van der Waals surface area contributed by atoms with E-state index in [0.717, 1.165) is 0 Å². The van der Waals surface area contributed by atoms with Crippen molar-refractivity contribution in [2.24, 2.45) is 5.10 Å². The third-order valence-corrected chi connectivity index (χ3v) is 4.37. The molecule has 1 aliphatic heterocycles. The van der Waals surface area contributed by atoms with E-state index in [0.29, 0.717) is 46.9 Å². The van der Waals surface area contributed by atoms with Gasteiger partial charge in [0.15, 0.2) is 5.84 Å². The Morgan fingerprint density at radius 2 is 2.03 bits per heavy atom. The summed E-state index contributed by atoms with van der Waals surface area (Å²) in [5, 5.41) is 11.2. The van der Waals surface area contributed by atoms with Crippen molar-refractivity contribution in [2.75, 3.05) is 5.32 Å². The quantitative estimate of drug-likeness (QED) is 0.716. The Balaban J connectivity index is 1.85. The lowest BCUT2D eigenvalue weighted by atomic mass is 10.0. The lowest BCUT2D eigenvalue weighted by Gasteiger charge is -2.11. The molecule has 1 aliphatic rings. The molecule has 2 N–H and O–H groups in total. The number of hydrogen-bond acceptors (Lipinski definition) is 5. The smallest absolute Gasteiger partial charge is 0.240 e. The molecule has 0 spiro atoms. The topological polar surface area (TPSA) is 101 Å². The van der Waals surface area contributed by atoms with Crippen LogP contribution in [0.5, 0.6) is 0 Å². The van der Waals surface area contributed by atoms with E-state index in [2.05, 4.69) is 25.9 Å². The molecule has 0 saturated heterocycles. The van der Waals surface area contributed by atoms with Gasteiger partial charge in [0.1, 0.15) is 17.3 Å². The highest BCUT2D eigenvalue weighted by Gasteiger charge is 2.20. The zero-order valence-electron chi connectivity index (χ0n) is 15.5. The second-order valence-corrected chi connectivity index (χ2v) is 6.49. The molecule has 0 aliphatic carbocycles. The lowest BCUT2D eigenvalue weighted by Crippen LogP contribution is -2.29. The Morgan fingerprint density at radius 3 is 2.76 bits per heavy atom. The number of hydrazone groups is 1. The number of aromatic nitrogens is 3. The summed E-state index contributed by atoms with van der Waals surface area (Å²) in [5.74, 6) is 0.111. The standard InChI is InChI=1S/C20H17FN6O2/c1-12(28)23-17-10-13(8-9-22-17)15-11-27(18-6-7-19(29)25-24-18)26-20(15)14-4-2-3-5-16(14)21/h2-5,8-11H,6-7H2,1H3,(H,25,29)(H,22,23,28). The number of amides is 2. The van der Waals surface area contributed by atoms with Crippen molar-refractivity contribution >= 4 is 23.5 Å². The van der Waals surface area contributed by atoms with E-state index in [-0.39, 0.29) is 11.8 Å². The number of nitrogens with zero attached hydrogens (tertiary/aromatic N) is 4. The maximum Gasteiger partial charge on any atom is 0.240 e. The monoisotopic (exact) mass is 392 g/mol. The third-order valence-electron chi connectivity index (χ3n) is 4.37. The van der Waals surface area contributed by atoms with Crippen LogP contribution in [0.1, 0.15) is 19.8 Å². The molecule has 146 valence electrons. The highest BCUT2D eigenvalue weighted by Crippen LogP contribution is 2.33. The Bertz CT molecular complexity index is 1140. The minimum absolute atomic E-state index is 0.162. The van der Waals surface area contributed by atoms with Crippen LogP contribution in [0.4, 0.5) is 10.2 Å². The summed E-state index contributed by atoms with van der Waals surface area (Å²) in [7, 11) is 0. The normalized spacial score (nSPS) is 13.6. The summed E-state index contributed by atoms with van der Waals surface area (Å²) < 4.78 is 16.1. The number of anilines is 1. The average Bonchev–Trinajstić information content (AvgIpc) is 3.14. The minimum atomic E-state index is -0.408. The number of nitrogens with one attached hydrogen (secondary N) is 2. The Kier molecular flexibility index (Phi) is 4.86. The molecule has 0 fully saturated rings. The molecule has 9 heteroatoms. The van der Waals surface area contributed by atoms with Gasteiger partial charge in [-0.15, -0.1) is 0 Å². The predicted molar refractivity (Wildman–Crippen MR) is 105 cm³/mol. The van der Waals surface area contributed by atoms with Gasteiger partial charge in [-0.25, -0.2) is 19.5 Å². The molecule has 0 atom stereocenters. The van der Waals surface area contributed by atoms with Crippen molar-refractivity contribution in [1.29, 1.82) is 0 Å². The predicted octanol–water partition coefficient (Wildman–Crippen LogP) is 2.78. The van der Waals surface area contributed by atoms with Gasteiger partial charge < -0.3 is 5.32 Å². The van der Waals surface area contributed by atoms with E-state index in [1.165, 1.54) is 17.7 Å². The van der Waals surface area contributed by atoms with Gasteiger partial charge in [0.05, 0.1) is 0 Å². The van der Waals surface area contributed by atoms with E-state index in [1.807, 2.05) is 0 Å². The van der Waals surface area contributed by atoms with Gasteiger partial charge in [-0.05, 0) is 29.8 Å². The second kappa shape index (κ2) is 7.63. The highest BCUT2D eigenvalue weighted by molar-refractivity contribution is 5.94. The van der Waals surface area contributed by atoms with Gasteiger partial charge >= 0.3 is 0 Å². The maximum atomic E-state index is 14.5. The lowest BCUT2D eigenvalue weighted by molar-refractivity contribution is -0.121. The molecule has 2 amide bonds. The molecule has 3 heterocycles. The largest absolute Gasteiger partial charge is 0.311 e. The first-order valence-corrected chi connectivity index (χ1v) is 8.95. The number of carbonyl (C=O) groups is 2. The second-order valence-electron chi connectivity index (χ2n) is 6.49. The van der Waals surface area contributed by atoms with Crippen LogP contribution in [-0.2, 0) is 9.59 Å². The zero-order valence-corrected chi connectivity index (χ0v) is 15.5.